The molecule has 1 aliphatic heterocycles. The molecule has 1 aromatic carbocycles. The van der Waals surface area contributed by atoms with E-state index in [0.717, 1.165) is 5.56 Å². The van der Waals surface area contributed by atoms with Crippen LogP contribution in [0.3, 0.4) is 0 Å². The average molecular weight is 371 g/mol. The second-order valence-electron chi connectivity index (χ2n) is 6.25. The van der Waals surface area contributed by atoms with Crippen molar-refractivity contribution in [3.05, 3.63) is 35.9 Å². The molecule has 0 bridgehead atoms. The molecule has 0 spiro atoms. The number of carbonyl (C=O) groups excluding carboxylic acids is 3. The van der Waals surface area contributed by atoms with Gasteiger partial charge >= 0.3 is 12.1 Å². The van der Waals surface area contributed by atoms with Crippen LogP contribution in [0.2, 0.25) is 0 Å². The Bertz CT molecular complexity index is 664. The fourth-order valence-corrected chi connectivity index (χ4v) is 2.72. The first-order chi connectivity index (χ1) is 12.2. The molecule has 3 atom stereocenters. The lowest BCUT2D eigenvalue weighted by atomic mass is 10.0. The molecule has 142 valence electrons. The quantitative estimate of drug-likeness (QED) is 0.699. The SMILES string of the molecule is CC1C[C@H](NC(=O)[C@H](CCc2ccccc2)NC(=O)C(F)(F)F)C(=O)N1. The molecular weight excluding hydrogens is 351 g/mol. The molecular formula is C17H20F3N3O3. The largest absolute Gasteiger partial charge is 0.471 e. The number of nitrogens with one attached hydrogen (secondary N) is 3. The van der Waals surface area contributed by atoms with Crippen molar-refractivity contribution in [1.82, 2.24) is 16.0 Å². The lowest BCUT2D eigenvalue weighted by Gasteiger charge is -2.21. The van der Waals surface area contributed by atoms with Gasteiger partial charge < -0.3 is 16.0 Å². The molecule has 0 saturated carbocycles. The molecule has 3 amide bonds. The number of benzene rings is 1. The van der Waals surface area contributed by atoms with Crippen LogP contribution >= 0.6 is 0 Å². The minimum Gasteiger partial charge on any atom is -0.352 e. The Kier molecular flexibility index (Phi) is 6.23. The van der Waals surface area contributed by atoms with Gasteiger partial charge in [-0.15, -0.1) is 0 Å². The highest BCUT2D eigenvalue weighted by molar-refractivity contribution is 5.93. The number of rotatable bonds is 6. The summed E-state index contributed by atoms with van der Waals surface area (Å²) in [5.41, 5.74) is 0.818. The van der Waals surface area contributed by atoms with Crippen LogP contribution in [0, 0.1) is 0 Å². The molecule has 1 aromatic rings. The van der Waals surface area contributed by atoms with Gasteiger partial charge in [-0.25, -0.2) is 0 Å². The Morgan fingerprint density at radius 1 is 1.27 bits per heavy atom. The summed E-state index contributed by atoms with van der Waals surface area (Å²) in [4.78, 5) is 35.3. The first-order valence-electron chi connectivity index (χ1n) is 8.19. The molecule has 1 fully saturated rings. The van der Waals surface area contributed by atoms with Crippen molar-refractivity contribution in [1.29, 1.82) is 0 Å². The van der Waals surface area contributed by atoms with E-state index >= 15 is 0 Å². The summed E-state index contributed by atoms with van der Waals surface area (Å²) in [6.45, 7) is 1.75. The van der Waals surface area contributed by atoms with Gasteiger partial charge in [-0.2, -0.15) is 13.2 Å². The van der Waals surface area contributed by atoms with Crippen molar-refractivity contribution in [3.63, 3.8) is 0 Å². The molecule has 0 aromatic heterocycles. The molecule has 1 aliphatic rings. The first-order valence-corrected chi connectivity index (χ1v) is 8.19. The van der Waals surface area contributed by atoms with E-state index in [2.05, 4.69) is 10.6 Å². The number of alkyl halides is 3. The van der Waals surface area contributed by atoms with E-state index in [1.165, 1.54) is 0 Å². The molecule has 2 rings (SSSR count). The third kappa shape index (κ3) is 5.47. The van der Waals surface area contributed by atoms with Gasteiger partial charge in [0, 0.05) is 6.04 Å². The van der Waals surface area contributed by atoms with E-state index in [1.54, 1.807) is 42.6 Å². The summed E-state index contributed by atoms with van der Waals surface area (Å²) in [5.74, 6) is -3.39. The number of hydrogen-bond acceptors (Lipinski definition) is 3. The van der Waals surface area contributed by atoms with Gasteiger partial charge in [-0.1, -0.05) is 30.3 Å². The van der Waals surface area contributed by atoms with E-state index in [-0.39, 0.29) is 12.5 Å². The third-order valence-electron chi connectivity index (χ3n) is 4.05. The van der Waals surface area contributed by atoms with Crippen LogP contribution in [-0.4, -0.2) is 42.0 Å². The minimum absolute atomic E-state index is 0.0262. The Labute approximate surface area is 148 Å². The number of hydrogen-bond donors (Lipinski definition) is 3. The van der Waals surface area contributed by atoms with E-state index in [9.17, 15) is 27.6 Å². The summed E-state index contributed by atoms with van der Waals surface area (Å²) in [7, 11) is 0. The number of aryl methyl sites for hydroxylation is 1. The zero-order valence-corrected chi connectivity index (χ0v) is 14.1. The number of amides is 3. The second-order valence-corrected chi connectivity index (χ2v) is 6.25. The van der Waals surface area contributed by atoms with Crippen molar-refractivity contribution in [2.24, 2.45) is 0 Å². The van der Waals surface area contributed by atoms with Crippen molar-refractivity contribution in [3.8, 4) is 0 Å². The van der Waals surface area contributed by atoms with Gasteiger partial charge in [0.15, 0.2) is 0 Å². The van der Waals surface area contributed by atoms with Crippen LogP contribution < -0.4 is 16.0 Å². The standard InChI is InChI=1S/C17H20F3N3O3/c1-10-9-13(15(25)21-10)22-14(24)12(23-16(26)17(18,19)20)8-7-11-5-3-2-4-6-11/h2-6,10,12-13H,7-9H2,1H3,(H,21,25)(H,22,24)(H,23,26)/t10?,12-,13-/m0/s1. The smallest absolute Gasteiger partial charge is 0.352 e. The van der Waals surface area contributed by atoms with Gasteiger partial charge in [0.05, 0.1) is 0 Å². The van der Waals surface area contributed by atoms with E-state index in [0.29, 0.717) is 12.8 Å². The van der Waals surface area contributed by atoms with Crippen molar-refractivity contribution < 1.29 is 27.6 Å². The van der Waals surface area contributed by atoms with Crippen LogP contribution in [0.5, 0.6) is 0 Å². The predicted molar refractivity (Wildman–Crippen MR) is 86.9 cm³/mol. The molecule has 6 nitrogen and oxygen atoms in total. The fraction of sp³-hybridized carbons (Fsp3) is 0.471. The van der Waals surface area contributed by atoms with E-state index in [4.69, 9.17) is 0 Å². The summed E-state index contributed by atoms with van der Waals surface area (Å²) in [6.07, 6.45) is -4.49. The van der Waals surface area contributed by atoms with Crippen molar-refractivity contribution in [2.45, 2.75) is 50.5 Å². The fourth-order valence-electron chi connectivity index (χ4n) is 2.72. The van der Waals surface area contributed by atoms with E-state index < -0.39 is 36.0 Å². The van der Waals surface area contributed by atoms with Crippen LogP contribution in [0.4, 0.5) is 13.2 Å². The third-order valence-corrected chi connectivity index (χ3v) is 4.05. The summed E-state index contributed by atoms with van der Waals surface area (Å²) >= 11 is 0. The minimum atomic E-state index is -5.09. The molecule has 1 saturated heterocycles. The highest BCUT2D eigenvalue weighted by atomic mass is 19.4. The lowest BCUT2D eigenvalue weighted by Crippen LogP contribution is -2.53. The maximum Gasteiger partial charge on any atom is 0.471 e. The van der Waals surface area contributed by atoms with E-state index in [1.807, 2.05) is 0 Å². The average Bonchev–Trinajstić information content (AvgIpc) is 2.88. The first kappa shape index (κ1) is 19.7. The Morgan fingerprint density at radius 2 is 1.92 bits per heavy atom. The van der Waals surface area contributed by atoms with Gasteiger partial charge in [-0.3, -0.25) is 14.4 Å². The summed E-state index contributed by atoms with van der Waals surface area (Å²) in [6, 6.07) is 6.51. The van der Waals surface area contributed by atoms with Crippen molar-refractivity contribution >= 4 is 17.7 Å². The van der Waals surface area contributed by atoms with Gasteiger partial charge in [0.1, 0.15) is 12.1 Å². The zero-order valence-electron chi connectivity index (χ0n) is 14.1. The van der Waals surface area contributed by atoms with Gasteiger partial charge in [0.2, 0.25) is 11.8 Å². The van der Waals surface area contributed by atoms with Crippen LogP contribution in [0.1, 0.15) is 25.3 Å². The highest BCUT2D eigenvalue weighted by Crippen LogP contribution is 2.16. The van der Waals surface area contributed by atoms with Crippen LogP contribution in [0.15, 0.2) is 30.3 Å². The Balaban J connectivity index is 2.04. The highest BCUT2D eigenvalue weighted by Gasteiger charge is 2.41. The lowest BCUT2D eigenvalue weighted by molar-refractivity contribution is -0.174. The normalized spacial score (nSPS) is 21.0. The predicted octanol–water partition coefficient (Wildman–Crippen LogP) is 1.06. The molecule has 0 radical (unpaired) electrons. The maximum atomic E-state index is 12.5. The van der Waals surface area contributed by atoms with Gasteiger partial charge in [0.25, 0.3) is 0 Å². The number of carbonyl (C=O) groups is 3. The monoisotopic (exact) mass is 371 g/mol. The summed E-state index contributed by atoms with van der Waals surface area (Å²) in [5, 5.41) is 6.75. The van der Waals surface area contributed by atoms with Crippen LogP contribution in [-0.2, 0) is 20.8 Å². The Morgan fingerprint density at radius 3 is 2.46 bits per heavy atom. The maximum absolute atomic E-state index is 12.5. The topological polar surface area (TPSA) is 87.3 Å². The molecule has 1 unspecified atom stereocenters. The zero-order chi connectivity index (χ0) is 19.3. The van der Waals surface area contributed by atoms with Crippen molar-refractivity contribution in [2.75, 3.05) is 0 Å². The molecule has 3 N–H and O–H groups in total. The molecule has 1 heterocycles. The molecule has 26 heavy (non-hydrogen) atoms. The Hall–Kier alpha value is -2.58. The number of halogens is 3. The van der Waals surface area contributed by atoms with Gasteiger partial charge in [-0.05, 0) is 31.7 Å². The second kappa shape index (κ2) is 8.20. The van der Waals surface area contributed by atoms with Crippen LogP contribution in [0.25, 0.3) is 0 Å². The summed E-state index contributed by atoms with van der Waals surface area (Å²) < 4.78 is 37.6. The molecule has 0 aliphatic carbocycles. The molecule has 9 heteroatoms.